The van der Waals surface area contributed by atoms with Gasteiger partial charge in [0.2, 0.25) is 10.0 Å². The van der Waals surface area contributed by atoms with Crippen molar-refractivity contribution in [3.63, 3.8) is 0 Å². The summed E-state index contributed by atoms with van der Waals surface area (Å²) in [5, 5.41) is 9.37. The lowest BCUT2D eigenvalue weighted by atomic mass is 9.84. The number of nitrogen functional groups attached to an aromatic ring is 1. The number of sulfonamides is 1. The van der Waals surface area contributed by atoms with Gasteiger partial charge in [-0.15, -0.1) is 0 Å². The second kappa shape index (κ2) is 6.66. The summed E-state index contributed by atoms with van der Waals surface area (Å²) in [6, 6.07) is 3.97. The zero-order valence-corrected chi connectivity index (χ0v) is 13.2. The van der Waals surface area contributed by atoms with Gasteiger partial charge < -0.3 is 10.8 Å². The van der Waals surface area contributed by atoms with Crippen LogP contribution in [0.4, 0.5) is 5.69 Å². The summed E-state index contributed by atoms with van der Waals surface area (Å²) in [4.78, 5) is 0.105. The van der Waals surface area contributed by atoms with Gasteiger partial charge in [-0.2, -0.15) is 0 Å². The molecule has 2 rings (SSSR count). The number of nitrogens with two attached hydrogens (primary N) is 1. The van der Waals surface area contributed by atoms with Gasteiger partial charge in [-0.05, 0) is 49.8 Å². The second-order valence-electron chi connectivity index (χ2n) is 5.85. The van der Waals surface area contributed by atoms with Gasteiger partial charge in [0.25, 0.3) is 0 Å². The first-order valence-electron chi connectivity index (χ1n) is 7.53. The number of rotatable bonds is 5. The highest BCUT2D eigenvalue weighted by Gasteiger charge is 2.25. The molecular formula is C15H24N2O3S. The summed E-state index contributed by atoms with van der Waals surface area (Å²) >= 11 is 0. The predicted octanol–water partition coefficient (Wildman–Crippen LogP) is 2.61. The van der Waals surface area contributed by atoms with E-state index in [4.69, 9.17) is 5.73 Å². The highest BCUT2D eigenvalue weighted by molar-refractivity contribution is 7.89. The first-order chi connectivity index (χ1) is 9.92. The fourth-order valence-corrected chi connectivity index (χ4v) is 4.30. The Morgan fingerprint density at radius 1 is 1.29 bits per heavy atom. The molecule has 5 nitrogen and oxygen atoms in total. The van der Waals surface area contributed by atoms with Crippen LogP contribution in [-0.4, -0.2) is 19.6 Å². The third-order valence-electron chi connectivity index (χ3n) is 4.17. The standard InChI is InChI=1S/C15H24N2O3S/c1-2-3-11-4-6-12(7-5-11)17-21(19,20)13-8-9-15(18)14(16)10-13/h8-12,17-18H,2-7,16H2,1H3. The van der Waals surface area contributed by atoms with E-state index in [1.807, 2.05) is 0 Å². The third-order valence-corrected chi connectivity index (χ3v) is 5.69. The quantitative estimate of drug-likeness (QED) is 0.575. The Balaban J connectivity index is 2.00. The Bertz CT molecular complexity index is 579. The molecule has 1 aliphatic rings. The second-order valence-corrected chi connectivity index (χ2v) is 7.56. The van der Waals surface area contributed by atoms with Gasteiger partial charge in [0.05, 0.1) is 10.6 Å². The fourth-order valence-electron chi connectivity index (χ4n) is 2.96. The van der Waals surface area contributed by atoms with Crippen molar-refractivity contribution in [3.8, 4) is 5.75 Å². The van der Waals surface area contributed by atoms with E-state index < -0.39 is 10.0 Å². The van der Waals surface area contributed by atoms with E-state index in [1.165, 1.54) is 31.0 Å². The molecule has 1 aromatic carbocycles. The smallest absolute Gasteiger partial charge is 0.240 e. The molecule has 0 aliphatic heterocycles. The average molecular weight is 312 g/mol. The maximum Gasteiger partial charge on any atom is 0.240 e. The summed E-state index contributed by atoms with van der Waals surface area (Å²) in [6.45, 7) is 2.18. The molecule has 1 aliphatic carbocycles. The molecule has 0 spiro atoms. The maximum atomic E-state index is 12.3. The minimum Gasteiger partial charge on any atom is -0.506 e. The summed E-state index contributed by atoms with van der Waals surface area (Å²) < 4.78 is 27.4. The summed E-state index contributed by atoms with van der Waals surface area (Å²) in [5.41, 5.74) is 5.63. The molecule has 0 heterocycles. The maximum absolute atomic E-state index is 12.3. The van der Waals surface area contributed by atoms with Gasteiger partial charge in [-0.25, -0.2) is 13.1 Å². The Kier molecular flexibility index (Phi) is 5.11. The van der Waals surface area contributed by atoms with Gasteiger partial charge in [-0.3, -0.25) is 0 Å². The Morgan fingerprint density at radius 2 is 1.95 bits per heavy atom. The minimum atomic E-state index is -3.57. The van der Waals surface area contributed by atoms with Gasteiger partial charge in [-0.1, -0.05) is 19.8 Å². The molecule has 0 amide bonds. The van der Waals surface area contributed by atoms with Crippen molar-refractivity contribution < 1.29 is 13.5 Å². The molecule has 1 saturated carbocycles. The molecule has 0 bridgehead atoms. The van der Waals surface area contributed by atoms with Crippen molar-refractivity contribution in [2.24, 2.45) is 5.92 Å². The van der Waals surface area contributed by atoms with Crippen LogP contribution in [0.1, 0.15) is 45.4 Å². The largest absolute Gasteiger partial charge is 0.506 e. The van der Waals surface area contributed by atoms with Crippen LogP contribution in [0.15, 0.2) is 23.1 Å². The van der Waals surface area contributed by atoms with Crippen LogP contribution in [0.3, 0.4) is 0 Å². The molecule has 0 aromatic heterocycles. The number of hydrogen-bond donors (Lipinski definition) is 3. The lowest BCUT2D eigenvalue weighted by molar-refractivity contribution is 0.297. The molecule has 0 unspecified atom stereocenters. The first-order valence-corrected chi connectivity index (χ1v) is 9.01. The van der Waals surface area contributed by atoms with Crippen molar-refractivity contribution in [2.45, 2.75) is 56.4 Å². The lowest BCUT2D eigenvalue weighted by Gasteiger charge is -2.28. The fraction of sp³-hybridized carbons (Fsp3) is 0.600. The number of aromatic hydroxyl groups is 1. The number of phenolic OH excluding ortho intramolecular Hbond substituents is 1. The van der Waals surface area contributed by atoms with E-state index >= 15 is 0 Å². The summed E-state index contributed by atoms with van der Waals surface area (Å²) in [6.07, 6.45) is 6.36. The number of nitrogens with one attached hydrogen (secondary N) is 1. The van der Waals surface area contributed by atoms with E-state index in [0.29, 0.717) is 0 Å². The van der Waals surface area contributed by atoms with E-state index in [-0.39, 0.29) is 22.4 Å². The number of phenols is 1. The van der Waals surface area contributed by atoms with Gasteiger partial charge in [0, 0.05) is 6.04 Å². The molecule has 0 atom stereocenters. The van der Waals surface area contributed by atoms with Crippen molar-refractivity contribution in [3.05, 3.63) is 18.2 Å². The predicted molar refractivity (Wildman–Crippen MR) is 83.5 cm³/mol. The van der Waals surface area contributed by atoms with Crippen LogP contribution in [0.2, 0.25) is 0 Å². The third kappa shape index (κ3) is 4.11. The van der Waals surface area contributed by atoms with Crippen LogP contribution in [-0.2, 0) is 10.0 Å². The number of benzene rings is 1. The van der Waals surface area contributed by atoms with E-state index in [1.54, 1.807) is 0 Å². The van der Waals surface area contributed by atoms with E-state index in [2.05, 4.69) is 11.6 Å². The molecule has 4 N–H and O–H groups in total. The Morgan fingerprint density at radius 3 is 2.52 bits per heavy atom. The highest BCUT2D eigenvalue weighted by atomic mass is 32.2. The van der Waals surface area contributed by atoms with E-state index in [9.17, 15) is 13.5 Å². The topological polar surface area (TPSA) is 92.4 Å². The van der Waals surface area contributed by atoms with Crippen LogP contribution >= 0.6 is 0 Å². The van der Waals surface area contributed by atoms with Gasteiger partial charge in [0.1, 0.15) is 5.75 Å². The first kappa shape index (κ1) is 16.1. The van der Waals surface area contributed by atoms with Crippen LogP contribution < -0.4 is 10.5 Å². The molecule has 1 aromatic rings. The molecule has 118 valence electrons. The van der Waals surface area contributed by atoms with E-state index in [0.717, 1.165) is 31.6 Å². The summed E-state index contributed by atoms with van der Waals surface area (Å²) in [5.74, 6) is 0.633. The van der Waals surface area contributed by atoms with Crippen molar-refractivity contribution in [2.75, 3.05) is 5.73 Å². The average Bonchev–Trinajstić information content (AvgIpc) is 2.44. The Labute approximate surface area is 126 Å². The van der Waals surface area contributed by atoms with Crippen molar-refractivity contribution in [1.82, 2.24) is 4.72 Å². The van der Waals surface area contributed by atoms with Crippen molar-refractivity contribution in [1.29, 1.82) is 0 Å². The van der Waals surface area contributed by atoms with Crippen LogP contribution in [0.5, 0.6) is 5.75 Å². The zero-order chi connectivity index (χ0) is 15.5. The molecule has 0 saturated heterocycles. The molecule has 21 heavy (non-hydrogen) atoms. The number of anilines is 1. The molecule has 6 heteroatoms. The van der Waals surface area contributed by atoms with Gasteiger partial charge >= 0.3 is 0 Å². The van der Waals surface area contributed by atoms with Crippen LogP contribution in [0.25, 0.3) is 0 Å². The highest BCUT2D eigenvalue weighted by Crippen LogP contribution is 2.29. The molecular weight excluding hydrogens is 288 g/mol. The minimum absolute atomic E-state index is 0.00173. The zero-order valence-electron chi connectivity index (χ0n) is 12.4. The van der Waals surface area contributed by atoms with Crippen LogP contribution in [0, 0.1) is 5.92 Å². The molecule has 1 fully saturated rings. The summed E-state index contributed by atoms with van der Waals surface area (Å²) in [7, 11) is -3.57. The monoisotopic (exact) mass is 312 g/mol. The normalized spacial score (nSPS) is 23.1. The van der Waals surface area contributed by atoms with Crippen molar-refractivity contribution >= 4 is 15.7 Å². The number of hydrogen-bond acceptors (Lipinski definition) is 4. The molecule has 0 radical (unpaired) electrons. The SMILES string of the molecule is CCCC1CCC(NS(=O)(=O)c2ccc(O)c(N)c2)CC1. The Hall–Kier alpha value is -1.27. The van der Waals surface area contributed by atoms with Gasteiger partial charge in [0.15, 0.2) is 0 Å². The lowest BCUT2D eigenvalue weighted by Crippen LogP contribution is -2.37.